The Balaban J connectivity index is 0.000000170. The molecule has 0 amide bonds. The molecule has 4 atom stereocenters. The predicted octanol–water partition coefficient (Wildman–Crippen LogP) is 13.1. The third-order valence-electron chi connectivity index (χ3n) is 17.3. The van der Waals surface area contributed by atoms with Crippen molar-refractivity contribution in [3.63, 3.8) is 0 Å². The summed E-state index contributed by atoms with van der Waals surface area (Å²) in [4.78, 5) is 85.5. The van der Waals surface area contributed by atoms with Gasteiger partial charge >= 0.3 is 29.8 Å². The normalized spacial score (nSPS) is 21.1. The number of hydrogen-bond donors (Lipinski definition) is 5. The monoisotopic (exact) mass is 1170 g/mol. The number of piperidine rings is 4. The van der Waals surface area contributed by atoms with Crippen molar-refractivity contribution in [2.75, 3.05) is 58.9 Å². The molecule has 0 radical (unpaired) electrons. The number of carboxylic acid groups (broad SMARTS) is 5. The molecule has 5 aromatic heterocycles. The van der Waals surface area contributed by atoms with E-state index < -0.39 is 29.8 Å². The van der Waals surface area contributed by atoms with Crippen molar-refractivity contribution >= 4 is 53.1 Å². The summed E-state index contributed by atoms with van der Waals surface area (Å²) in [5.41, 5.74) is 2.36. The zero-order chi connectivity index (χ0) is 61.3. The largest absolute Gasteiger partial charge is 0.478 e. The summed E-state index contributed by atoms with van der Waals surface area (Å²) in [6.45, 7) is 16.4. The van der Waals surface area contributed by atoms with Crippen LogP contribution >= 0.6 is 0 Å². The van der Waals surface area contributed by atoms with E-state index >= 15 is 0 Å². The van der Waals surface area contributed by atoms with Crippen molar-refractivity contribution in [3.8, 4) is 0 Å². The molecule has 9 heterocycles. The number of aromatic nitrogens is 5. The first kappa shape index (κ1) is 66.4. The molecular formula is C66H91N9O10. The molecule has 5 aliphatic rings. The minimum atomic E-state index is -0.897. The zero-order valence-corrected chi connectivity index (χ0v) is 50.6. The number of nitrogens with zero attached hydrogens (tertiary/aromatic N) is 9. The van der Waals surface area contributed by atoms with E-state index in [0.29, 0.717) is 80.9 Å². The summed E-state index contributed by atoms with van der Waals surface area (Å²) in [6.07, 6.45) is 30.1. The number of anilines is 4. The molecule has 5 fully saturated rings. The Morgan fingerprint density at radius 1 is 0.400 bits per heavy atom. The Bertz CT molecular complexity index is 2760. The van der Waals surface area contributed by atoms with Gasteiger partial charge in [0, 0.05) is 82.3 Å². The van der Waals surface area contributed by atoms with Crippen LogP contribution in [0.1, 0.15) is 208 Å². The summed E-state index contributed by atoms with van der Waals surface area (Å²) in [6, 6.07) is 17.4. The Morgan fingerprint density at radius 3 is 1.12 bits per heavy atom. The van der Waals surface area contributed by atoms with Gasteiger partial charge in [-0.25, -0.2) is 43.9 Å². The molecule has 1 saturated carbocycles. The molecule has 5 N–H and O–H groups in total. The quantitative estimate of drug-likeness (QED) is 0.0652. The zero-order valence-electron chi connectivity index (χ0n) is 50.6. The Morgan fingerprint density at radius 2 is 0.753 bits per heavy atom. The van der Waals surface area contributed by atoms with Gasteiger partial charge in [0.15, 0.2) is 0 Å². The molecule has 1 aliphatic carbocycles. The molecule has 0 bridgehead atoms. The molecule has 5 aromatic rings. The average molecular weight is 1170 g/mol. The molecular weight excluding hydrogens is 1080 g/mol. The standard InChI is InChI=1S/C14H19NO2.4C13H18N2O2/c1-10-4-6-11(7-5-10)9-13-12(14(16)17)3-2-8-15-13;2*1-2-10-5-4-8-15(9-10)12-11(13(16)17)6-3-7-14-12;2*1-2-10-6-3-4-9-15(10)12-11(13(16)17)7-5-8-14-12/h2-3,8,10-11H,4-7,9H2,1H3,(H,16,17);2*3,6-7,10H,2,4-5,8-9H2,1H3,(H,16,17);2*5,7-8,10H,2-4,6,9H2,1H3,(H,16,17)/t;4*10-/m.1010/s1. The van der Waals surface area contributed by atoms with Gasteiger partial charge < -0.3 is 45.1 Å². The van der Waals surface area contributed by atoms with Gasteiger partial charge in [-0.15, -0.1) is 0 Å². The Labute approximate surface area is 502 Å². The van der Waals surface area contributed by atoms with Gasteiger partial charge in [0.25, 0.3) is 0 Å². The van der Waals surface area contributed by atoms with Crippen LogP contribution in [0, 0.1) is 23.7 Å². The lowest BCUT2D eigenvalue weighted by atomic mass is 9.80. The Kier molecular flexibility index (Phi) is 26.8. The van der Waals surface area contributed by atoms with E-state index in [0.717, 1.165) is 122 Å². The predicted molar refractivity (Wildman–Crippen MR) is 332 cm³/mol. The van der Waals surface area contributed by atoms with Crippen LogP contribution in [0.15, 0.2) is 91.6 Å². The van der Waals surface area contributed by atoms with E-state index in [9.17, 15) is 34.2 Å². The second-order valence-corrected chi connectivity index (χ2v) is 23.1. The number of carbonyl (C=O) groups is 5. The number of aromatic carboxylic acids is 5. The summed E-state index contributed by atoms with van der Waals surface area (Å²) in [7, 11) is 0. The SMILES string of the molecule is CC1CCC(Cc2ncccc2C(=O)O)CC1.CC[C@@H]1CCCCN1c1ncccc1C(=O)O.CC[C@@H]1CCCN(c2ncccc2C(=O)O)C1.CC[C@H]1CCCCN1c1ncccc1C(=O)O.CC[C@H]1CCCN(c2ncccc2C(=O)O)C1. The van der Waals surface area contributed by atoms with Gasteiger partial charge in [-0.3, -0.25) is 4.98 Å². The lowest BCUT2D eigenvalue weighted by Crippen LogP contribution is -2.40. The van der Waals surface area contributed by atoms with Crippen LogP contribution in [-0.4, -0.2) is 132 Å². The molecule has 0 spiro atoms. The van der Waals surface area contributed by atoms with Crippen molar-refractivity contribution in [2.24, 2.45) is 23.7 Å². The summed E-state index contributed by atoms with van der Waals surface area (Å²) in [5.74, 6) is 0.820. The summed E-state index contributed by atoms with van der Waals surface area (Å²) in [5, 5.41) is 45.8. The molecule has 19 nitrogen and oxygen atoms in total. The molecule has 85 heavy (non-hydrogen) atoms. The van der Waals surface area contributed by atoms with Crippen LogP contribution in [0.2, 0.25) is 0 Å². The minimum Gasteiger partial charge on any atom is -0.478 e. The number of carboxylic acids is 5. The van der Waals surface area contributed by atoms with Gasteiger partial charge in [-0.1, -0.05) is 60.3 Å². The minimum absolute atomic E-state index is 0.309. The number of pyridine rings is 5. The van der Waals surface area contributed by atoms with Crippen molar-refractivity contribution < 1.29 is 49.5 Å². The van der Waals surface area contributed by atoms with Crippen LogP contribution in [0.25, 0.3) is 0 Å². The van der Waals surface area contributed by atoms with Gasteiger partial charge in [0.2, 0.25) is 0 Å². The number of hydrogen-bond acceptors (Lipinski definition) is 14. The lowest BCUT2D eigenvalue weighted by Gasteiger charge is -2.36. The van der Waals surface area contributed by atoms with Crippen molar-refractivity contribution in [1.29, 1.82) is 0 Å². The second kappa shape index (κ2) is 34.3. The summed E-state index contributed by atoms with van der Waals surface area (Å²) < 4.78 is 0. The maximum atomic E-state index is 11.2. The topological polar surface area (TPSA) is 264 Å². The van der Waals surface area contributed by atoms with Crippen molar-refractivity contribution in [2.45, 2.75) is 169 Å². The second-order valence-electron chi connectivity index (χ2n) is 23.1. The van der Waals surface area contributed by atoms with Crippen molar-refractivity contribution in [1.82, 2.24) is 24.9 Å². The fraction of sp³-hybridized carbons (Fsp3) is 0.545. The molecule has 460 valence electrons. The third-order valence-corrected chi connectivity index (χ3v) is 17.3. The lowest BCUT2D eigenvalue weighted by molar-refractivity contribution is 0.0684. The maximum absolute atomic E-state index is 11.2. The van der Waals surface area contributed by atoms with Gasteiger partial charge in [-0.2, -0.15) is 0 Å². The molecule has 0 aromatic carbocycles. The first-order valence-corrected chi connectivity index (χ1v) is 31.0. The van der Waals surface area contributed by atoms with Crippen molar-refractivity contribution in [3.05, 3.63) is 125 Å². The van der Waals surface area contributed by atoms with E-state index in [1.165, 1.54) is 51.4 Å². The molecule has 0 unspecified atom stereocenters. The van der Waals surface area contributed by atoms with Crippen LogP contribution < -0.4 is 19.6 Å². The van der Waals surface area contributed by atoms with E-state index in [1.807, 2.05) is 0 Å². The molecule has 4 aliphatic heterocycles. The van der Waals surface area contributed by atoms with E-state index in [1.54, 1.807) is 91.6 Å². The van der Waals surface area contributed by atoms with E-state index in [2.05, 4.69) is 79.1 Å². The van der Waals surface area contributed by atoms with Gasteiger partial charge in [-0.05, 0) is 181 Å². The fourth-order valence-electron chi connectivity index (χ4n) is 12.4. The van der Waals surface area contributed by atoms with Crippen LogP contribution in [-0.2, 0) is 6.42 Å². The van der Waals surface area contributed by atoms with Gasteiger partial charge in [0.1, 0.15) is 45.5 Å². The van der Waals surface area contributed by atoms with E-state index in [-0.39, 0.29) is 0 Å². The smallest absolute Gasteiger partial charge is 0.339 e. The van der Waals surface area contributed by atoms with Crippen LogP contribution in [0.5, 0.6) is 0 Å². The highest BCUT2D eigenvalue weighted by Gasteiger charge is 2.29. The first-order valence-electron chi connectivity index (χ1n) is 31.0. The highest BCUT2D eigenvalue weighted by molar-refractivity contribution is 5.95. The van der Waals surface area contributed by atoms with Crippen LogP contribution in [0.3, 0.4) is 0 Å². The molecule has 4 saturated heterocycles. The number of rotatable bonds is 15. The Hall–Kier alpha value is -7.70. The third kappa shape index (κ3) is 19.4. The highest BCUT2D eigenvalue weighted by atomic mass is 16.4. The fourth-order valence-corrected chi connectivity index (χ4v) is 12.4. The van der Waals surface area contributed by atoms with Gasteiger partial charge in [0.05, 0.1) is 11.3 Å². The summed E-state index contributed by atoms with van der Waals surface area (Å²) >= 11 is 0. The average Bonchev–Trinajstić information content (AvgIpc) is 3.72. The molecule has 19 heteroatoms. The van der Waals surface area contributed by atoms with Crippen LogP contribution in [0.4, 0.5) is 23.3 Å². The first-order chi connectivity index (χ1) is 41.1. The maximum Gasteiger partial charge on any atom is 0.339 e. The highest BCUT2D eigenvalue weighted by Crippen LogP contribution is 2.33. The molecule has 10 rings (SSSR count). The van der Waals surface area contributed by atoms with E-state index in [4.69, 9.17) is 15.3 Å².